The molecular weight excluding hydrogens is 477 g/mol. The van der Waals surface area contributed by atoms with Gasteiger partial charge in [0.1, 0.15) is 17.0 Å². The highest BCUT2D eigenvalue weighted by molar-refractivity contribution is 7.90. The van der Waals surface area contributed by atoms with Crippen molar-refractivity contribution in [2.45, 2.75) is 54.3 Å². The zero-order chi connectivity index (χ0) is 23.4. The summed E-state index contributed by atoms with van der Waals surface area (Å²) in [4.78, 5) is 9.27. The predicted molar refractivity (Wildman–Crippen MR) is 117 cm³/mol. The number of hydrogen-bond donors (Lipinski definition) is 1. The molecule has 0 radical (unpaired) electrons. The Labute approximate surface area is 195 Å². The molecule has 11 heteroatoms. The van der Waals surface area contributed by atoms with Crippen LogP contribution >= 0.6 is 11.6 Å². The second-order valence-corrected chi connectivity index (χ2v) is 11.5. The SMILES string of the molecule is O=S(=O)(Cc1ccncn1)c1cc(Cl)c(N[C@H]2CCCC[C@@H]2N2CC3C(C2)C3(F)F)cc1F. The van der Waals surface area contributed by atoms with Gasteiger partial charge >= 0.3 is 0 Å². The average Bonchev–Trinajstić information content (AvgIpc) is 3.11. The van der Waals surface area contributed by atoms with Gasteiger partial charge in [-0.25, -0.2) is 31.6 Å². The molecule has 33 heavy (non-hydrogen) atoms. The lowest BCUT2D eigenvalue weighted by Crippen LogP contribution is -2.49. The number of likely N-dealkylation sites (tertiary alicyclic amines) is 1. The summed E-state index contributed by atoms with van der Waals surface area (Å²) < 4.78 is 67.7. The first kappa shape index (κ1) is 22.9. The fourth-order valence-electron chi connectivity index (χ4n) is 5.28. The number of benzene rings is 1. The number of alkyl halides is 2. The molecule has 3 fully saturated rings. The van der Waals surface area contributed by atoms with Crippen LogP contribution in [0.5, 0.6) is 0 Å². The van der Waals surface area contributed by atoms with Crippen LogP contribution in [-0.4, -0.2) is 54.4 Å². The predicted octanol–water partition coefficient (Wildman–Crippen LogP) is 4.16. The smallest absolute Gasteiger partial charge is 0.257 e. The van der Waals surface area contributed by atoms with Crippen molar-refractivity contribution in [2.24, 2.45) is 11.8 Å². The Hall–Kier alpha value is -1.91. The van der Waals surface area contributed by atoms with Crippen molar-refractivity contribution in [1.82, 2.24) is 14.9 Å². The van der Waals surface area contributed by atoms with E-state index in [9.17, 15) is 21.6 Å². The van der Waals surface area contributed by atoms with Gasteiger partial charge in [-0.05, 0) is 31.0 Å². The van der Waals surface area contributed by atoms with Crippen LogP contribution in [0.25, 0.3) is 0 Å². The number of halogens is 4. The van der Waals surface area contributed by atoms with Crippen molar-refractivity contribution in [3.05, 3.63) is 47.3 Å². The first-order valence-corrected chi connectivity index (χ1v) is 13.0. The molecule has 2 aromatic rings. The highest BCUT2D eigenvalue weighted by atomic mass is 35.5. The molecular formula is C22H24ClF3N4O2S. The molecule has 2 unspecified atom stereocenters. The number of hydrogen-bond acceptors (Lipinski definition) is 6. The third-order valence-electron chi connectivity index (χ3n) is 7.10. The largest absolute Gasteiger partial charge is 0.379 e. The number of fused-ring (bicyclic) bond motifs is 1. The summed E-state index contributed by atoms with van der Waals surface area (Å²) in [7, 11) is -4.01. The van der Waals surface area contributed by atoms with Gasteiger partial charge < -0.3 is 5.32 Å². The minimum atomic E-state index is -4.01. The first-order chi connectivity index (χ1) is 15.7. The Morgan fingerprint density at radius 3 is 2.61 bits per heavy atom. The average molecular weight is 501 g/mol. The van der Waals surface area contributed by atoms with E-state index in [1.807, 2.05) is 0 Å². The van der Waals surface area contributed by atoms with E-state index < -0.39 is 44.1 Å². The van der Waals surface area contributed by atoms with E-state index in [1.165, 1.54) is 18.6 Å². The van der Waals surface area contributed by atoms with E-state index in [0.29, 0.717) is 18.8 Å². The molecule has 2 saturated carbocycles. The fourth-order valence-corrected chi connectivity index (χ4v) is 6.93. The van der Waals surface area contributed by atoms with Crippen LogP contribution in [-0.2, 0) is 15.6 Å². The van der Waals surface area contributed by atoms with Crippen LogP contribution < -0.4 is 5.32 Å². The van der Waals surface area contributed by atoms with Gasteiger partial charge in [-0.1, -0.05) is 24.4 Å². The summed E-state index contributed by atoms with van der Waals surface area (Å²) in [6.45, 7) is 0.756. The van der Waals surface area contributed by atoms with Gasteiger partial charge in [0.05, 0.1) is 22.2 Å². The minimum Gasteiger partial charge on any atom is -0.379 e. The number of nitrogens with zero attached hydrogens (tertiary/aromatic N) is 3. The normalized spacial score (nSPS) is 29.0. The van der Waals surface area contributed by atoms with E-state index in [4.69, 9.17) is 11.6 Å². The van der Waals surface area contributed by atoms with Crippen molar-refractivity contribution < 1.29 is 21.6 Å². The fraction of sp³-hybridized carbons (Fsp3) is 0.545. The number of anilines is 1. The van der Waals surface area contributed by atoms with E-state index in [1.54, 1.807) is 0 Å². The Kier molecular flexibility index (Phi) is 5.81. The summed E-state index contributed by atoms with van der Waals surface area (Å²) in [5, 5.41) is 3.37. The van der Waals surface area contributed by atoms with Crippen molar-refractivity contribution in [2.75, 3.05) is 18.4 Å². The maximum Gasteiger partial charge on any atom is 0.257 e. The van der Waals surface area contributed by atoms with E-state index in [-0.39, 0.29) is 22.8 Å². The van der Waals surface area contributed by atoms with Crippen LogP contribution in [0.4, 0.5) is 18.9 Å². The lowest BCUT2D eigenvalue weighted by molar-refractivity contribution is 0.0366. The highest BCUT2D eigenvalue weighted by Crippen LogP contribution is 2.59. The molecule has 1 N–H and O–H groups in total. The van der Waals surface area contributed by atoms with Gasteiger partial charge in [0.15, 0.2) is 9.84 Å². The summed E-state index contributed by atoms with van der Waals surface area (Å²) >= 11 is 6.37. The van der Waals surface area contributed by atoms with Crippen molar-refractivity contribution in [3.8, 4) is 0 Å². The number of nitrogens with one attached hydrogen (secondary N) is 1. The molecule has 5 rings (SSSR count). The van der Waals surface area contributed by atoms with Gasteiger partial charge in [-0.2, -0.15) is 0 Å². The lowest BCUT2D eigenvalue weighted by Gasteiger charge is -2.40. The second kappa shape index (κ2) is 8.39. The summed E-state index contributed by atoms with van der Waals surface area (Å²) in [5.41, 5.74) is 0.559. The van der Waals surface area contributed by atoms with Gasteiger partial charge in [0.2, 0.25) is 0 Å². The topological polar surface area (TPSA) is 75.2 Å². The third kappa shape index (κ3) is 4.33. The molecule has 4 atom stereocenters. The summed E-state index contributed by atoms with van der Waals surface area (Å²) in [6.07, 6.45) is 6.29. The maximum absolute atomic E-state index is 14.9. The molecule has 0 spiro atoms. The second-order valence-electron chi connectivity index (χ2n) is 9.17. The van der Waals surface area contributed by atoms with Gasteiger partial charge in [-0.15, -0.1) is 0 Å². The quantitative estimate of drug-likeness (QED) is 0.642. The van der Waals surface area contributed by atoms with Crippen molar-refractivity contribution >= 4 is 27.1 Å². The molecule has 178 valence electrons. The standard InChI is InChI=1S/C22H24ClF3N4O2S/c23-16-7-21(33(31,32)11-13-5-6-27-12-28-13)17(24)8-19(16)29-18-3-1-2-4-20(18)30-9-14-15(10-30)22(14,25)26/h5-8,12,14-15,18,20,29H,1-4,9-11H2/t14?,15?,18-,20-/m0/s1. The van der Waals surface area contributed by atoms with Gasteiger partial charge in [0.25, 0.3) is 5.92 Å². The van der Waals surface area contributed by atoms with E-state index in [0.717, 1.165) is 37.8 Å². The van der Waals surface area contributed by atoms with Gasteiger partial charge in [0, 0.05) is 43.2 Å². The lowest BCUT2D eigenvalue weighted by atomic mass is 9.88. The zero-order valence-electron chi connectivity index (χ0n) is 17.7. The number of piperidine rings is 1. The Bertz CT molecular complexity index is 1140. The van der Waals surface area contributed by atoms with Crippen molar-refractivity contribution in [3.63, 3.8) is 0 Å². The number of aromatic nitrogens is 2. The van der Waals surface area contributed by atoms with Crippen LogP contribution in [0.3, 0.4) is 0 Å². The summed E-state index contributed by atoms with van der Waals surface area (Å²) in [5.74, 6) is -5.01. The molecule has 0 amide bonds. The van der Waals surface area contributed by atoms with Crippen molar-refractivity contribution in [1.29, 1.82) is 0 Å². The molecule has 2 aliphatic carbocycles. The van der Waals surface area contributed by atoms with E-state index >= 15 is 0 Å². The molecule has 6 nitrogen and oxygen atoms in total. The Balaban J connectivity index is 1.33. The monoisotopic (exact) mass is 500 g/mol. The van der Waals surface area contributed by atoms with Crippen LogP contribution in [0.15, 0.2) is 35.6 Å². The van der Waals surface area contributed by atoms with Crippen LogP contribution in [0.1, 0.15) is 31.4 Å². The highest BCUT2D eigenvalue weighted by Gasteiger charge is 2.72. The Morgan fingerprint density at radius 2 is 1.91 bits per heavy atom. The molecule has 3 aliphatic rings. The number of sulfone groups is 1. The third-order valence-corrected chi connectivity index (χ3v) is 9.08. The molecule has 1 aliphatic heterocycles. The zero-order valence-corrected chi connectivity index (χ0v) is 19.3. The minimum absolute atomic E-state index is 0.0580. The maximum atomic E-state index is 14.9. The molecule has 1 saturated heterocycles. The Morgan fingerprint density at radius 1 is 1.18 bits per heavy atom. The molecule has 2 heterocycles. The van der Waals surface area contributed by atoms with Crippen LogP contribution in [0, 0.1) is 17.7 Å². The molecule has 1 aromatic heterocycles. The molecule has 1 aromatic carbocycles. The first-order valence-electron chi connectivity index (χ1n) is 11.0. The van der Waals surface area contributed by atoms with Gasteiger partial charge in [-0.3, -0.25) is 4.90 Å². The number of rotatable bonds is 6. The molecule has 0 bridgehead atoms. The van der Waals surface area contributed by atoms with E-state index in [2.05, 4.69) is 20.2 Å². The van der Waals surface area contributed by atoms with Crippen LogP contribution in [0.2, 0.25) is 5.02 Å². The summed E-state index contributed by atoms with van der Waals surface area (Å²) in [6, 6.07) is 3.66.